The van der Waals surface area contributed by atoms with Crippen molar-refractivity contribution in [2.24, 2.45) is 0 Å². The molecule has 1 aromatic heterocycles. The number of piperazine rings is 1. The summed E-state index contributed by atoms with van der Waals surface area (Å²) < 4.78 is 2.14. The van der Waals surface area contributed by atoms with Gasteiger partial charge in [-0.3, -0.25) is 9.48 Å². The molecule has 2 fully saturated rings. The number of aromatic nitrogens is 2. The van der Waals surface area contributed by atoms with Crippen molar-refractivity contribution in [3.05, 3.63) is 52.8 Å². The van der Waals surface area contributed by atoms with Gasteiger partial charge in [-0.2, -0.15) is 5.10 Å². The molecule has 1 aromatic carbocycles. The molecular formula is C28H41N5O. The third kappa shape index (κ3) is 4.67. The summed E-state index contributed by atoms with van der Waals surface area (Å²) in [5.41, 5.74) is 4.97. The largest absolute Gasteiger partial charge is 0.335 e. The van der Waals surface area contributed by atoms with E-state index in [2.05, 4.69) is 59.2 Å². The van der Waals surface area contributed by atoms with Crippen LogP contribution in [-0.4, -0.2) is 71.3 Å². The second kappa shape index (κ2) is 10.2. The lowest BCUT2D eigenvalue weighted by atomic mass is 9.78. The monoisotopic (exact) mass is 463 g/mol. The first-order valence-electron chi connectivity index (χ1n) is 13.4. The highest BCUT2D eigenvalue weighted by atomic mass is 16.2. The molecule has 6 nitrogen and oxygen atoms in total. The zero-order valence-electron chi connectivity index (χ0n) is 21.1. The lowest BCUT2D eigenvalue weighted by Gasteiger charge is -2.34. The van der Waals surface area contributed by atoms with Crippen molar-refractivity contribution >= 4 is 5.91 Å². The lowest BCUT2D eigenvalue weighted by molar-refractivity contribution is 0.0656. The Kier molecular flexibility index (Phi) is 7.07. The molecule has 2 heterocycles. The third-order valence-corrected chi connectivity index (χ3v) is 8.45. The van der Waals surface area contributed by atoms with Gasteiger partial charge in [-0.25, -0.2) is 0 Å². The van der Waals surface area contributed by atoms with E-state index in [1.54, 1.807) is 0 Å². The molecule has 1 amide bonds. The minimum atomic E-state index is 0.136. The van der Waals surface area contributed by atoms with Crippen LogP contribution >= 0.6 is 0 Å². The minimum Gasteiger partial charge on any atom is -0.335 e. The number of rotatable bonds is 7. The predicted molar refractivity (Wildman–Crippen MR) is 136 cm³/mol. The molecule has 0 spiro atoms. The van der Waals surface area contributed by atoms with E-state index >= 15 is 0 Å². The Morgan fingerprint density at radius 2 is 1.85 bits per heavy atom. The maximum Gasteiger partial charge on any atom is 0.274 e. The Labute approximate surface area is 204 Å². The van der Waals surface area contributed by atoms with Crippen LogP contribution in [0.2, 0.25) is 0 Å². The van der Waals surface area contributed by atoms with Gasteiger partial charge in [-0.05, 0) is 51.1 Å². The number of carbonyl (C=O) groups excluding carboxylic acids is 1. The highest BCUT2D eigenvalue weighted by Crippen LogP contribution is 2.41. The Bertz CT molecular complexity index is 970. The molecule has 1 aliphatic heterocycles. The number of carbonyl (C=O) groups is 1. The van der Waals surface area contributed by atoms with Crippen LogP contribution in [0.15, 0.2) is 30.3 Å². The summed E-state index contributed by atoms with van der Waals surface area (Å²) in [5.74, 6) is 0.136. The van der Waals surface area contributed by atoms with Gasteiger partial charge in [0.1, 0.15) is 0 Å². The van der Waals surface area contributed by atoms with E-state index in [0.717, 1.165) is 70.6 Å². The average Bonchev–Trinajstić information content (AvgIpc) is 3.49. The summed E-state index contributed by atoms with van der Waals surface area (Å²) in [7, 11) is 2.13. The van der Waals surface area contributed by atoms with Gasteiger partial charge in [-0.15, -0.1) is 0 Å². The van der Waals surface area contributed by atoms with E-state index in [1.807, 2.05) is 4.90 Å². The minimum absolute atomic E-state index is 0.136. The van der Waals surface area contributed by atoms with Crippen molar-refractivity contribution in [2.45, 2.75) is 76.3 Å². The SMILES string of the molecule is CCCn1nc(C(=O)N2CCN(C)CC2)c2c1CCC(NCC1(c3ccccc3)CCCC1)C2. The first-order chi connectivity index (χ1) is 16.6. The van der Waals surface area contributed by atoms with Crippen LogP contribution in [0.5, 0.6) is 0 Å². The Hall–Kier alpha value is -2.18. The van der Waals surface area contributed by atoms with E-state index in [0.29, 0.717) is 6.04 Å². The summed E-state index contributed by atoms with van der Waals surface area (Å²) in [6.07, 6.45) is 9.25. The molecule has 1 atom stereocenters. The van der Waals surface area contributed by atoms with Gasteiger partial charge in [0, 0.05) is 62.0 Å². The van der Waals surface area contributed by atoms with Gasteiger partial charge in [-0.1, -0.05) is 50.1 Å². The second-order valence-electron chi connectivity index (χ2n) is 10.8. The number of aryl methyl sites for hydroxylation is 1. The third-order valence-electron chi connectivity index (χ3n) is 8.45. The number of hydrogen-bond donors (Lipinski definition) is 1. The Morgan fingerprint density at radius 3 is 2.56 bits per heavy atom. The molecule has 1 saturated carbocycles. The number of likely N-dealkylation sites (N-methyl/N-ethyl adjacent to an activating group) is 1. The van der Waals surface area contributed by atoms with Crippen LogP contribution in [0, 0.1) is 0 Å². The summed E-state index contributed by atoms with van der Waals surface area (Å²) in [4.78, 5) is 17.8. The van der Waals surface area contributed by atoms with E-state index in [4.69, 9.17) is 5.10 Å². The Morgan fingerprint density at radius 1 is 1.12 bits per heavy atom. The van der Waals surface area contributed by atoms with Crippen LogP contribution in [0.25, 0.3) is 0 Å². The van der Waals surface area contributed by atoms with Gasteiger partial charge >= 0.3 is 0 Å². The Balaban J connectivity index is 1.33. The van der Waals surface area contributed by atoms with Crippen LogP contribution < -0.4 is 5.32 Å². The van der Waals surface area contributed by atoms with Crippen LogP contribution in [0.1, 0.15) is 72.8 Å². The van der Waals surface area contributed by atoms with Crippen molar-refractivity contribution < 1.29 is 4.79 Å². The standard InChI is InChI=1S/C28H41N5O/c1-3-15-33-25-12-11-23(29-21-28(13-7-8-14-28)22-9-5-4-6-10-22)20-24(25)26(30-33)27(34)32-18-16-31(2)17-19-32/h4-6,9-10,23,29H,3,7-8,11-21H2,1-2H3. The second-order valence-corrected chi connectivity index (χ2v) is 10.8. The zero-order chi connectivity index (χ0) is 23.5. The number of benzene rings is 1. The molecule has 34 heavy (non-hydrogen) atoms. The number of nitrogens with zero attached hydrogens (tertiary/aromatic N) is 4. The molecule has 184 valence electrons. The van der Waals surface area contributed by atoms with Crippen molar-refractivity contribution in [2.75, 3.05) is 39.8 Å². The fraction of sp³-hybridized carbons (Fsp3) is 0.643. The number of hydrogen-bond acceptors (Lipinski definition) is 4. The smallest absolute Gasteiger partial charge is 0.274 e. The first-order valence-corrected chi connectivity index (χ1v) is 13.4. The van der Waals surface area contributed by atoms with E-state index < -0.39 is 0 Å². The highest BCUT2D eigenvalue weighted by Gasteiger charge is 2.37. The molecule has 3 aliphatic rings. The van der Waals surface area contributed by atoms with Gasteiger partial charge in [0.25, 0.3) is 5.91 Å². The maximum absolute atomic E-state index is 13.5. The quantitative estimate of drug-likeness (QED) is 0.681. The van der Waals surface area contributed by atoms with Gasteiger partial charge < -0.3 is 15.1 Å². The molecule has 1 N–H and O–H groups in total. The molecular weight excluding hydrogens is 422 g/mol. The zero-order valence-corrected chi connectivity index (χ0v) is 21.1. The van der Waals surface area contributed by atoms with Crippen molar-refractivity contribution in [1.29, 1.82) is 0 Å². The summed E-state index contributed by atoms with van der Waals surface area (Å²) in [5, 5.41) is 8.86. The molecule has 2 aromatic rings. The van der Waals surface area contributed by atoms with Gasteiger partial charge in [0.05, 0.1) is 0 Å². The molecule has 0 radical (unpaired) electrons. The fourth-order valence-electron chi connectivity index (χ4n) is 6.34. The van der Waals surface area contributed by atoms with Crippen LogP contribution in [-0.2, 0) is 24.8 Å². The molecule has 6 heteroatoms. The van der Waals surface area contributed by atoms with E-state index in [9.17, 15) is 4.79 Å². The van der Waals surface area contributed by atoms with Crippen LogP contribution in [0.3, 0.4) is 0 Å². The van der Waals surface area contributed by atoms with Crippen LogP contribution in [0.4, 0.5) is 0 Å². The van der Waals surface area contributed by atoms with Crippen molar-refractivity contribution in [3.63, 3.8) is 0 Å². The van der Waals surface area contributed by atoms with Crippen molar-refractivity contribution in [1.82, 2.24) is 24.9 Å². The molecule has 0 bridgehead atoms. The highest BCUT2D eigenvalue weighted by molar-refractivity contribution is 5.94. The number of fused-ring (bicyclic) bond motifs is 1. The topological polar surface area (TPSA) is 53.4 Å². The summed E-state index contributed by atoms with van der Waals surface area (Å²) in [6, 6.07) is 11.5. The predicted octanol–water partition coefficient (Wildman–Crippen LogP) is 3.64. The number of amides is 1. The maximum atomic E-state index is 13.5. The molecule has 1 unspecified atom stereocenters. The van der Waals surface area contributed by atoms with Crippen molar-refractivity contribution in [3.8, 4) is 0 Å². The molecule has 1 saturated heterocycles. The summed E-state index contributed by atoms with van der Waals surface area (Å²) in [6.45, 7) is 7.59. The lowest BCUT2D eigenvalue weighted by Crippen LogP contribution is -2.47. The number of nitrogens with one attached hydrogen (secondary N) is 1. The van der Waals surface area contributed by atoms with E-state index in [-0.39, 0.29) is 11.3 Å². The molecule has 2 aliphatic carbocycles. The average molecular weight is 464 g/mol. The summed E-state index contributed by atoms with van der Waals surface area (Å²) >= 11 is 0. The first kappa shape index (κ1) is 23.6. The normalized spacial score (nSPS) is 22.6. The van der Waals surface area contributed by atoms with Gasteiger partial charge in [0.2, 0.25) is 0 Å². The van der Waals surface area contributed by atoms with Gasteiger partial charge in [0.15, 0.2) is 5.69 Å². The fourth-order valence-corrected chi connectivity index (χ4v) is 6.34. The van der Waals surface area contributed by atoms with E-state index in [1.165, 1.54) is 42.5 Å². The molecule has 5 rings (SSSR count).